The fraction of sp³-hybridized carbons (Fsp3) is 0.368. The fourth-order valence-electron chi connectivity index (χ4n) is 2.46. The molecule has 0 unspecified atom stereocenters. The van der Waals surface area contributed by atoms with Gasteiger partial charge in [-0.3, -0.25) is 14.5 Å². The zero-order chi connectivity index (χ0) is 18.9. The van der Waals surface area contributed by atoms with Crippen molar-refractivity contribution < 1.29 is 23.8 Å². The van der Waals surface area contributed by atoms with Crippen LogP contribution < -0.4 is 19.9 Å². The molecule has 0 aromatic heterocycles. The number of carbonyl (C=O) groups excluding carboxylic acids is 2. The number of amides is 2. The highest BCUT2D eigenvalue weighted by Gasteiger charge is 2.19. The van der Waals surface area contributed by atoms with Crippen LogP contribution >= 0.6 is 0 Å². The second kappa shape index (κ2) is 9.62. The van der Waals surface area contributed by atoms with E-state index >= 15 is 0 Å². The first-order valence-corrected chi connectivity index (χ1v) is 8.39. The Kier molecular flexibility index (Phi) is 7.23. The van der Waals surface area contributed by atoms with Crippen molar-refractivity contribution in [2.45, 2.75) is 12.8 Å². The first-order valence-electron chi connectivity index (χ1n) is 8.39. The fourth-order valence-corrected chi connectivity index (χ4v) is 2.46. The van der Waals surface area contributed by atoms with Crippen LogP contribution in [0.3, 0.4) is 0 Å². The maximum atomic E-state index is 12.2. The lowest BCUT2D eigenvalue weighted by atomic mass is 10.1. The molecule has 0 radical (unpaired) electrons. The van der Waals surface area contributed by atoms with Crippen molar-refractivity contribution in [2.24, 2.45) is 5.73 Å². The molecule has 0 saturated carbocycles. The minimum absolute atomic E-state index is 0.301. The normalized spacial score (nSPS) is 14.0. The van der Waals surface area contributed by atoms with E-state index < -0.39 is 0 Å². The average Bonchev–Trinajstić information content (AvgIpc) is 2.66. The van der Waals surface area contributed by atoms with E-state index in [4.69, 9.17) is 19.9 Å². The number of hydrogen-bond acceptors (Lipinski definition) is 6. The number of methoxy groups -OCH3 is 2. The van der Waals surface area contributed by atoms with Gasteiger partial charge in [0.15, 0.2) is 11.5 Å². The van der Waals surface area contributed by atoms with Gasteiger partial charge < -0.3 is 19.9 Å². The average molecular weight is 360 g/mol. The monoisotopic (exact) mass is 360 g/mol. The lowest BCUT2D eigenvalue weighted by Gasteiger charge is -2.19. The number of ether oxygens (including phenoxy) is 3. The summed E-state index contributed by atoms with van der Waals surface area (Å²) in [6.07, 6.45) is 7.52. The Bertz CT molecular complexity index is 687. The SMILES string of the molecule is COc1cc(/C=C/C(=O)N2CCC=CC2=O)cc(OC)c1OCCCN. The summed E-state index contributed by atoms with van der Waals surface area (Å²) in [5.41, 5.74) is 6.17. The van der Waals surface area contributed by atoms with Crippen molar-refractivity contribution in [1.29, 1.82) is 0 Å². The van der Waals surface area contributed by atoms with Crippen LogP contribution in [0.2, 0.25) is 0 Å². The maximum absolute atomic E-state index is 12.2. The molecule has 1 aliphatic heterocycles. The molecule has 1 heterocycles. The Morgan fingerprint density at radius 1 is 1.27 bits per heavy atom. The summed E-state index contributed by atoms with van der Waals surface area (Å²) in [6, 6.07) is 3.48. The maximum Gasteiger partial charge on any atom is 0.253 e. The van der Waals surface area contributed by atoms with Crippen LogP contribution in [0.25, 0.3) is 6.08 Å². The van der Waals surface area contributed by atoms with E-state index in [0.29, 0.717) is 55.4 Å². The number of nitrogens with zero attached hydrogens (tertiary/aromatic N) is 1. The number of carbonyl (C=O) groups is 2. The molecule has 7 nitrogen and oxygen atoms in total. The molecule has 1 aliphatic rings. The van der Waals surface area contributed by atoms with Crippen LogP contribution in [0.1, 0.15) is 18.4 Å². The summed E-state index contributed by atoms with van der Waals surface area (Å²) in [5.74, 6) is 0.810. The third-order valence-corrected chi connectivity index (χ3v) is 3.81. The highest BCUT2D eigenvalue weighted by Crippen LogP contribution is 2.39. The Balaban J connectivity index is 2.19. The number of nitrogens with two attached hydrogens (primary N) is 1. The first kappa shape index (κ1) is 19.5. The third kappa shape index (κ3) is 4.86. The summed E-state index contributed by atoms with van der Waals surface area (Å²) in [5, 5.41) is 0. The molecule has 0 aliphatic carbocycles. The Hall–Kier alpha value is -2.80. The Morgan fingerprint density at radius 3 is 2.54 bits per heavy atom. The van der Waals surface area contributed by atoms with Crippen molar-refractivity contribution in [3.05, 3.63) is 35.9 Å². The summed E-state index contributed by atoms with van der Waals surface area (Å²) in [4.78, 5) is 25.2. The van der Waals surface area contributed by atoms with Crippen LogP contribution in [-0.4, -0.2) is 50.6 Å². The largest absolute Gasteiger partial charge is 0.493 e. The van der Waals surface area contributed by atoms with Gasteiger partial charge in [-0.1, -0.05) is 6.08 Å². The molecular formula is C19H24N2O5. The van der Waals surface area contributed by atoms with Crippen molar-refractivity contribution in [1.82, 2.24) is 4.90 Å². The van der Waals surface area contributed by atoms with E-state index in [0.717, 1.165) is 0 Å². The Labute approximate surface area is 153 Å². The van der Waals surface area contributed by atoms with E-state index in [9.17, 15) is 9.59 Å². The number of imide groups is 1. The van der Waals surface area contributed by atoms with Crippen molar-refractivity contribution in [2.75, 3.05) is 33.9 Å². The second-order valence-corrected chi connectivity index (χ2v) is 5.60. The van der Waals surface area contributed by atoms with Crippen LogP contribution in [0.4, 0.5) is 0 Å². The zero-order valence-electron chi connectivity index (χ0n) is 15.1. The highest BCUT2D eigenvalue weighted by molar-refractivity contribution is 6.06. The first-order chi connectivity index (χ1) is 12.6. The molecule has 0 saturated heterocycles. The van der Waals surface area contributed by atoms with E-state index in [-0.39, 0.29) is 11.8 Å². The van der Waals surface area contributed by atoms with Crippen molar-refractivity contribution >= 4 is 17.9 Å². The van der Waals surface area contributed by atoms with Crippen LogP contribution in [0.5, 0.6) is 17.2 Å². The summed E-state index contributed by atoms with van der Waals surface area (Å²) < 4.78 is 16.4. The minimum atomic E-state index is -0.361. The zero-order valence-corrected chi connectivity index (χ0v) is 15.1. The molecule has 0 fully saturated rings. The smallest absolute Gasteiger partial charge is 0.253 e. The van der Waals surface area contributed by atoms with E-state index in [1.807, 2.05) is 0 Å². The van der Waals surface area contributed by atoms with Gasteiger partial charge in [0, 0.05) is 12.6 Å². The molecule has 0 atom stereocenters. The number of hydrogen-bond donors (Lipinski definition) is 1. The van der Waals surface area contributed by atoms with E-state index in [1.165, 1.54) is 31.3 Å². The molecule has 140 valence electrons. The number of rotatable bonds is 8. The van der Waals surface area contributed by atoms with Gasteiger partial charge in [0.2, 0.25) is 5.75 Å². The van der Waals surface area contributed by atoms with E-state index in [2.05, 4.69) is 0 Å². The van der Waals surface area contributed by atoms with Crippen LogP contribution in [-0.2, 0) is 9.59 Å². The standard InChI is InChI=1S/C19H24N2O5/c1-24-15-12-14(13-16(25-2)19(15)26-11-5-9-20)7-8-18(23)21-10-4-3-6-17(21)22/h3,6-8,12-13H,4-5,9-11,20H2,1-2H3/b8-7+. The van der Waals surface area contributed by atoms with Crippen molar-refractivity contribution in [3.8, 4) is 17.2 Å². The van der Waals surface area contributed by atoms with Gasteiger partial charge in [0.05, 0.1) is 20.8 Å². The number of benzene rings is 1. The molecule has 2 amide bonds. The van der Waals surface area contributed by atoms with Gasteiger partial charge in [0.1, 0.15) is 0 Å². The lowest BCUT2D eigenvalue weighted by Crippen LogP contribution is -2.37. The van der Waals surface area contributed by atoms with Gasteiger partial charge in [0.25, 0.3) is 11.8 Å². The van der Waals surface area contributed by atoms with Gasteiger partial charge in [-0.2, -0.15) is 0 Å². The molecule has 0 spiro atoms. The summed E-state index contributed by atoms with van der Waals surface area (Å²) in [7, 11) is 3.06. The molecule has 1 aromatic carbocycles. The highest BCUT2D eigenvalue weighted by atomic mass is 16.5. The molecule has 2 rings (SSSR count). The quantitative estimate of drug-likeness (QED) is 0.561. The predicted octanol–water partition coefficient (Wildman–Crippen LogP) is 1.76. The topological polar surface area (TPSA) is 91.1 Å². The third-order valence-electron chi connectivity index (χ3n) is 3.81. The minimum Gasteiger partial charge on any atom is -0.493 e. The molecule has 1 aromatic rings. The molecular weight excluding hydrogens is 336 g/mol. The van der Waals surface area contributed by atoms with Gasteiger partial charge >= 0.3 is 0 Å². The van der Waals surface area contributed by atoms with E-state index in [1.54, 1.807) is 24.3 Å². The lowest BCUT2D eigenvalue weighted by molar-refractivity contribution is -0.139. The van der Waals surface area contributed by atoms with Crippen molar-refractivity contribution in [3.63, 3.8) is 0 Å². The summed E-state index contributed by atoms with van der Waals surface area (Å²) in [6.45, 7) is 1.36. The van der Waals surface area contributed by atoms with Crippen LogP contribution in [0, 0.1) is 0 Å². The Morgan fingerprint density at radius 2 is 1.96 bits per heavy atom. The molecule has 2 N–H and O–H groups in total. The van der Waals surface area contributed by atoms with Gasteiger partial charge in [-0.25, -0.2) is 0 Å². The second-order valence-electron chi connectivity index (χ2n) is 5.60. The molecule has 0 bridgehead atoms. The molecule has 7 heteroatoms. The van der Waals surface area contributed by atoms with Gasteiger partial charge in [-0.05, 0) is 49.2 Å². The summed E-state index contributed by atoms with van der Waals surface area (Å²) >= 11 is 0. The van der Waals surface area contributed by atoms with Crippen LogP contribution in [0.15, 0.2) is 30.4 Å². The molecule has 26 heavy (non-hydrogen) atoms. The van der Waals surface area contributed by atoms with Gasteiger partial charge in [-0.15, -0.1) is 0 Å². The predicted molar refractivity (Wildman–Crippen MR) is 98.2 cm³/mol.